The first kappa shape index (κ1) is 21.8. The van der Waals surface area contributed by atoms with Crippen LogP contribution in [0.5, 0.6) is 0 Å². The fourth-order valence-electron chi connectivity index (χ4n) is 6.13. The number of rotatable bonds is 6. The first-order chi connectivity index (χ1) is 16.0. The standard InChI is InChI=1S/C27H30N2O4/c1-3-5-7-27(8-6-4-2)21-10-16-12-24(29-33)25(30)17(16)13-20(21)19-9-15-11-23(28-32)26(31)18(15)14-22(19)27/h9-10,13-14,26,31-33H,3-8,11-12H2,1-2H3/b28-23+,29-24-. The van der Waals surface area contributed by atoms with Gasteiger partial charge in [0.15, 0.2) is 0 Å². The lowest BCUT2D eigenvalue weighted by atomic mass is 9.70. The first-order valence-electron chi connectivity index (χ1n) is 12.0. The van der Waals surface area contributed by atoms with Crippen LogP contribution in [0.15, 0.2) is 34.6 Å². The number of nitrogens with zero attached hydrogens (tertiary/aromatic N) is 2. The summed E-state index contributed by atoms with van der Waals surface area (Å²) in [5, 5.41) is 36.0. The Morgan fingerprint density at radius 3 is 2.18 bits per heavy atom. The van der Waals surface area contributed by atoms with E-state index in [2.05, 4.69) is 42.4 Å². The topological polar surface area (TPSA) is 102 Å². The molecule has 5 rings (SSSR count). The monoisotopic (exact) mass is 446 g/mol. The maximum absolute atomic E-state index is 12.8. The highest BCUT2D eigenvalue weighted by atomic mass is 16.4. The number of aliphatic hydroxyl groups is 1. The van der Waals surface area contributed by atoms with Gasteiger partial charge in [0.2, 0.25) is 5.78 Å². The zero-order valence-corrected chi connectivity index (χ0v) is 19.2. The number of oxime groups is 2. The molecule has 172 valence electrons. The van der Waals surface area contributed by atoms with E-state index in [9.17, 15) is 20.3 Å². The number of hydrogen-bond donors (Lipinski definition) is 3. The van der Waals surface area contributed by atoms with Gasteiger partial charge in [-0.1, -0.05) is 68.0 Å². The Morgan fingerprint density at radius 1 is 0.879 bits per heavy atom. The molecule has 6 heteroatoms. The van der Waals surface area contributed by atoms with E-state index in [1.807, 2.05) is 6.07 Å². The van der Waals surface area contributed by atoms with Crippen molar-refractivity contribution in [3.8, 4) is 11.1 Å². The largest absolute Gasteiger partial charge is 0.411 e. The van der Waals surface area contributed by atoms with E-state index < -0.39 is 6.10 Å². The second kappa shape index (κ2) is 8.10. The van der Waals surface area contributed by atoms with E-state index >= 15 is 0 Å². The Labute approximate surface area is 193 Å². The lowest BCUT2D eigenvalue weighted by Crippen LogP contribution is -2.26. The van der Waals surface area contributed by atoms with Crippen molar-refractivity contribution in [2.45, 2.75) is 76.7 Å². The molecule has 3 aliphatic rings. The normalized spacial score (nSPS) is 22.0. The van der Waals surface area contributed by atoms with E-state index in [0.29, 0.717) is 24.1 Å². The average Bonchev–Trinajstić information content (AvgIpc) is 3.41. The van der Waals surface area contributed by atoms with Crippen LogP contribution < -0.4 is 0 Å². The summed E-state index contributed by atoms with van der Waals surface area (Å²) in [6.45, 7) is 4.40. The molecule has 2 aromatic carbocycles. The van der Waals surface area contributed by atoms with Crippen LogP contribution in [0.25, 0.3) is 11.1 Å². The molecule has 0 radical (unpaired) electrons. The molecule has 0 amide bonds. The van der Waals surface area contributed by atoms with Gasteiger partial charge in [-0.3, -0.25) is 4.79 Å². The highest BCUT2D eigenvalue weighted by molar-refractivity contribution is 6.49. The van der Waals surface area contributed by atoms with E-state index in [1.165, 1.54) is 11.1 Å². The molecule has 0 aromatic heterocycles. The minimum atomic E-state index is -0.885. The smallest absolute Gasteiger partial charge is 0.211 e. The molecule has 0 saturated carbocycles. The summed E-state index contributed by atoms with van der Waals surface area (Å²) in [5.41, 5.74) is 8.34. The Morgan fingerprint density at radius 2 is 1.55 bits per heavy atom. The maximum atomic E-state index is 12.8. The fraction of sp³-hybridized carbons (Fsp3) is 0.444. The average molecular weight is 447 g/mol. The molecule has 2 aromatic rings. The zero-order valence-electron chi connectivity index (χ0n) is 19.2. The number of carbonyl (C=O) groups is 1. The molecule has 1 unspecified atom stereocenters. The van der Waals surface area contributed by atoms with Gasteiger partial charge >= 0.3 is 0 Å². The summed E-state index contributed by atoms with van der Waals surface area (Å²) >= 11 is 0. The summed E-state index contributed by atoms with van der Waals surface area (Å²) in [4.78, 5) is 12.8. The van der Waals surface area contributed by atoms with Crippen LogP contribution in [0.2, 0.25) is 0 Å². The summed E-state index contributed by atoms with van der Waals surface area (Å²) < 4.78 is 0. The van der Waals surface area contributed by atoms with Crippen LogP contribution in [0.4, 0.5) is 0 Å². The summed E-state index contributed by atoms with van der Waals surface area (Å²) in [7, 11) is 0. The molecule has 0 heterocycles. The van der Waals surface area contributed by atoms with Crippen molar-refractivity contribution in [2.75, 3.05) is 0 Å². The van der Waals surface area contributed by atoms with E-state index in [4.69, 9.17) is 0 Å². The van der Waals surface area contributed by atoms with Gasteiger partial charge in [-0.2, -0.15) is 0 Å². The Bertz CT molecular complexity index is 1200. The Balaban J connectivity index is 1.77. The quantitative estimate of drug-likeness (QED) is 0.413. The molecule has 3 aliphatic carbocycles. The van der Waals surface area contributed by atoms with Gasteiger partial charge < -0.3 is 15.5 Å². The number of aliphatic hydroxyl groups excluding tert-OH is 1. The highest BCUT2D eigenvalue weighted by Gasteiger charge is 2.45. The molecule has 6 nitrogen and oxygen atoms in total. The molecule has 33 heavy (non-hydrogen) atoms. The molecular weight excluding hydrogens is 416 g/mol. The van der Waals surface area contributed by atoms with Crippen LogP contribution >= 0.6 is 0 Å². The SMILES string of the molecule is CCCCC1(CCCC)c2cc3c(cc2-c2cc4c(cc21)C(O)/C(=N/O)C4)C(=O)/C(=N\O)C3. The molecule has 0 aliphatic heterocycles. The lowest BCUT2D eigenvalue weighted by molar-refractivity contribution is 0.106. The van der Waals surface area contributed by atoms with Gasteiger partial charge in [-0.25, -0.2) is 0 Å². The zero-order chi connectivity index (χ0) is 23.3. The van der Waals surface area contributed by atoms with Crippen molar-refractivity contribution in [2.24, 2.45) is 10.3 Å². The Kier molecular flexibility index (Phi) is 5.36. The number of Topliss-reactive ketones (excluding diaryl/α,β-unsaturated/α-hetero) is 1. The van der Waals surface area contributed by atoms with Crippen LogP contribution in [0.1, 0.15) is 96.7 Å². The van der Waals surface area contributed by atoms with Crippen molar-refractivity contribution < 1.29 is 20.3 Å². The van der Waals surface area contributed by atoms with Gasteiger partial charge in [-0.05, 0) is 57.9 Å². The van der Waals surface area contributed by atoms with Gasteiger partial charge in [0.25, 0.3) is 0 Å². The Hall–Kier alpha value is -2.99. The number of hydrogen-bond acceptors (Lipinski definition) is 6. The molecule has 0 bridgehead atoms. The van der Waals surface area contributed by atoms with Crippen molar-refractivity contribution in [1.29, 1.82) is 0 Å². The molecule has 1 atom stereocenters. The fourth-order valence-corrected chi connectivity index (χ4v) is 6.13. The predicted octanol–water partition coefficient (Wildman–Crippen LogP) is 5.32. The van der Waals surface area contributed by atoms with E-state index in [-0.39, 0.29) is 16.9 Å². The second-order valence-electron chi connectivity index (χ2n) is 9.66. The number of carbonyl (C=O) groups excluding carboxylic acids is 1. The first-order valence-corrected chi connectivity index (χ1v) is 12.0. The lowest BCUT2D eigenvalue weighted by Gasteiger charge is -2.33. The summed E-state index contributed by atoms with van der Waals surface area (Å²) in [5.74, 6) is -0.206. The van der Waals surface area contributed by atoms with E-state index in [1.54, 1.807) is 0 Å². The third-order valence-corrected chi connectivity index (χ3v) is 7.85. The minimum Gasteiger partial charge on any atom is -0.411 e. The van der Waals surface area contributed by atoms with Gasteiger partial charge in [0.05, 0.1) is 5.71 Å². The molecular formula is C27H30N2O4. The summed E-state index contributed by atoms with van der Waals surface area (Å²) in [6.07, 6.45) is 6.19. The summed E-state index contributed by atoms with van der Waals surface area (Å²) in [6, 6.07) is 8.42. The highest BCUT2D eigenvalue weighted by Crippen LogP contribution is 2.56. The third-order valence-electron chi connectivity index (χ3n) is 7.85. The van der Waals surface area contributed by atoms with Crippen molar-refractivity contribution >= 4 is 17.2 Å². The van der Waals surface area contributed by atoms with Crippen LogP contribution in [0.3, 0.4) is 0 Å². The van der Waals surface area contributed by atoms with Gasteiger partial charge in [-0.15, -0.1) is 0 Å². The number of ketones is 1. The molecule has 0 fully saturated rings. The van der Waals surface area contributed by atoms with Crippen LogP contribution in [0, 0.1) is 0 Å². The second-order valence-corrected chi connectivity index (χ2v) is 9.66. The van der Waals surface area contributed by atoms with Crippen molar-refractivity contribution in [1.82, 2.24) is 0 Å². The maximum Gasteiger partial charge on any atom is 0.211 e. The van der Waals surface area contributed by atoms with Crippen molar-refractivity contribution in [3.63, 3.8) is 0 Å². The predicted molar refractivity (Wildman–Crippen MR) is 127 cm³/mol. The molecule has 0 spiro atoms. The van der Waals surface area contributed by atoms with E-state index in [0.717, 1.165) is 66.3 Å². The number of fused-ring (bicyclic) bond motifs is 5. The van der Waals surface area contributed by atoms with Gasteiger partial charge in [0.1, 0.15) is 11.8 Å². The van der Waals surface area contributed by atoms with Crippen molar-refractivity contribution in [3.05, 3.63) is 57.6 Å². The van der Waals surface area contributed by atoms with Crippen LogP contribution in [-0.4, -0.2) is 32.7 Å². The molecule has 3 N–H and O–H groups in total. The third kappa shape index (κ3) is 3.07. The minimum absolute atomic E-state index is 0.193. The number of unbranched alkanes of at least 4 members (excludes halogenated alkanes) is 2. The number of benzene rings is 2. The van der Waals surface area contributed by atoms with Gasteiger partial charge in [0, 0.05) is 23.8 Å². The van der Waals surface area contributed by atoms with Crippen LogP contribution in [-0.2, 0) is 18.3 Å². The molecule has 0 saturated heterocycles.